The van der Waals surface area contributed by atoms with E-state index in [1.54, 1.807) is 31.2 Å². The smallest absolute Gasteiger partial charge is 0.251 e. The normalized spacial score (nSPS) is 11.6. The van der Waals surface area contributed by atoms with Gasteiger partial charge in [0.1, 0.15) is 0 Å². The zero-order valence-corrected chi connectivity index (χ0v) is 8.93. The van der Waals surface area contributed by atoms with Crippen molar-refractivity contribution in [2.75, 3.05) is 11.9 Å². The minimum Gasteiger partial charge on any atom is -0.394 e. The Balaban J connectivity index is 2.66. The Bertz CT molecular complexity index is 362. The van der Waals surface area contributed by atoms with Gasteiger partial charge in [-0.2, -0.15) is 0 Å². The molecule has 0 saturated carbocycles. The molecule has 5 nitrogen and oxygen atoms in total. The van der Waals surface area contributed by atoms with Crippen LogP contribution in [0.3, 0.4) is 0 Å². The van der Waals surface area contributed by atoms with Crippen molar-refractivity contribution < 1.29 is 14.7 Å². The van der Waals surface area contributed by atoms with Gasteiger partial charge in [0.05, 0.1) is 6.61 Å². The number of carbonyl (C=O) groups is 2. The van der Waals surface area contributed by atoms with Crippen molar-refractivity contribution in [1.82, 2.24) is 5.32 Å². The van der Waals surface area contributed by atoms with Crippen LogP contribution < -0.4 is 10.6 Å². The predicted molar refractivity (Wildman–Crippen MR) is 60.1 cm³/mol. The van der Waals surface area contributed by atoms with Crippen molar-refractivity contribution >= 4 is 18.0 Å². The Labute approximate surface area is 93.5 Å². The van der Waals surface area contributed by atoms with Gasteiger partial charge >= 0.3 is 0 Å². The van der Waals surface area contributed by atoms with Crippen molar-refractivity contribution in [1.29, 1.82) is 0 Å². The van der Waals surface area contributed by atoms with Crippen molar-refractivity contribution in [3.63, 3.8) is 0 Å². The molecule has 0 aliphatic carbocycles. The van der Waals surface area contributed by atoms with Crippen LogP contribution in [0.2, 0.25) is 0 Å². The number of carbonyl (C=O) groups excluding carboxylic acids is 2. The average Bonchev–Trinajstić information content (AvgIpc) is 2.30. The Morgan fingerprint density at radius 1 is 1.44 bits per heavy atom. The molecule has 3 N–H and O–H groups in total. The van der Waals surface area contributed by atoms with Gasteiger partial charge in [-0.1, -0.05) is 0 Å². The zero-order valence-electron chi connectivity index (χ0n) is 8.93. The first-order valence-electron chi connectivity index (χ1n) is 4.89. The molecule has 5 heteroatoms. The van der Waals surface area contributed by atoms with Crippen molar-refractivity contribution in [3.05, 3.63) is 29.8 Å². The van der Waals surface area contributed by atoms with Gasteiger partial charge < -0.3 is 15.7 Å². The summed E-state index contributed by atoms with van der Waals surface area (Å²) in [5.74, 6) is -0.251. The zero-order chi connectivity index (χ0) is 12.0. The largest absolute Gasteiger partial charge is 0.394 e. The third kappa shape index (κ3) is 3.36. The molecule has 0 fully saturated rings. The second-order valence-corrected chi connectivity index (χ2v) is 3.40. The van der Waals surface area contributed by atoms with Crippen LogP contribution in [0.4, 0.5) is 5.69 Å². The Kier molecular flexibility index (Phi) is 4.47. The molecule has 1 aromatic carbocycles. The molecular formula is C11H14N2O3. The highest BCUT2D eigenvalue weighted by Gasteiger charge is 2.08. The van der Waals surface area contributed by atoms with E-state index in [1.165, 1.54) is 0 Å². The van der Waals surface area contributed by atoms with E-state index in [4.69, 9.17) is 5.11 Å². The van der Waals surface area contributed by atoms with Crippen LogP contribution >= 0.6 is 0 Å². The van der Waals surface area contributed by atoms with Crippen molar-refractivity contribution in [2.24, 2.45) is 0 Å². The lowest BCUT2D eigenvalue weighted by molar-refractivity contribution is -0.105. The first-order valence-corrected chi connectivity index (χ1v) is 4.89. The Hall–Kier alpha value is -1.88. The van der Waals surface area contributed by atoms with Crippen molar-refractivity contribution in [3.8, 4) is 0 Å². The van der Waals surface area contributed by atoms with E-state index >= 15 is 0 Å². The fourth-order valence-corrected chi connectivity index (χ4v) is 1.14. The summed E-state index contributed by atoms with van der Waals surface area (Å²) in [4.78, 5) is 21.7. The molecule has 0 radical (unpaired) electrons. The van der Waals surface area contributed by atoms with E-state index in [0.717, 1.165) is 0 Å². The van der Waals surface area contributed by atoms with Gasteiger partial charge in [-0.25, -0.2) is 0 Å². The van der Waals surface area contributed by atoms with Crippen LogP contribution in [0.25, 0.3) is 0 Å². The molecule has 1 atom stereocenters. The highest BCUT2D eigenvalue weighted by atomic mass is 16.3. The number of benzene rings is 1. The monoisotopic (exact) mass is 222 g/mol. The first-order chi connectivity index (χ1) is 7.67. The number of anilines is 1. The van der Waals surface area contributed by atoms with Crippen LogP contribution in [-0.4, -0.2) is 30.1 Å². The van der Waals surface area contributed by atoms with E-state index in [0.29, 0.717) is 17.7 Å². The van der Waals surface area contributed by atoms with E-state index < -0.39 is 0 Å². The number of nitrogens with one attached hydrogen (secondary N) is 2. The number of rotatable bonds is 5. The third-order valence-corrected chi connectivity index (χ3v) is 2.02. The summed E-state index contributed by atoms with van der Waals surface area (Å²) in [5.41, 5.74) is 1.11. The lowest BCUT2D eigenvalue weighted by Gasteiger charge is -2.10. The van der Waals surface area contributed by atoms with Gasteiger partial charge in [-0.05, 0) is 31.2 Å². The molecule has 2 amide bonds. The number of amides is 2. The SMILES string of the molecule is CC(CO)NC(=O)c1ccc(NC=O)cc1. The van der Waals surface area contributed by atoms with Gasteiger partial charge in [-0.15, -0.1) is 0 Å². The average molecular weight is 222 g/mol. The second kappa shape index (κ2) is 5.87. The fourth-order valence-electron chi connectivity index (χ4n) is 1.14. The lowest BCUT2D eigenvalue weighted by Crippen LogP contribution is -2.34. The van der Waals surface area contributed by atoms with E-state index in [9.17, 15) is 9.59 Å². The summed E-state index contributed by atoms with van der Waals surface area (Å²) in [6.45, 7) is 1.61. The summed E-state index contributed by atoms with van der Waals surface area (Å²) in [5, 5.41) is 13.9. The van der Waals surface area contributed by atoms with Gasteiger partial charge in [0.2, 0.25) is 6.41 Å². The number of hydrogen-bond acceptors (Lipinski definition) is 3. The van der Waals surface area contributed by atoms with E-state index in [-0.39, 0.29) is 18.6 Å². The molecule has 16 heavy (non-hydrogen) atoms. The molecule has 0 bridgehead atoms. The number of aliphatic hydroxyl groups excluding tert-OH is 1. The van der Waals surface area contributed by atoms with Crippen LogP contribution in [0.1, 0.15) is 17.3 Å². The Morgan fingerprint density at radius 2 is 2.06 bits per heavy atom. The maximum absolute atomic E-state index is 11.6. The lowest BCUT2D eigenvalue weighted by atomic mass is 10.2. The third-order valence-electron chi connectivity index (χ3n) is 2.02. The summed E-state index contributed by atoms with van der Waals surface area (Å²) in [6.07, 6.45) is 0.572. The minimum atomic E-state index is -0.278. The molecule has 0 aromatic heterocycles. The maximum Gasteiger partial charge on any atom is 0.251 e. The number of hydrogen-bond donors (Lipinski definition) is 3. The van der Waals surface area contributed by atoms with E-state index in [1.807, 2.05) is 0 Å². The standard InChI is InChI=1S/C11H14N2O3/c1-8(6-14)13-11(16)9-2-4-10(5-3-9)12-7-15/h2-5,7-8,14H,6H2,1H3,(H,12,15)(H,13,16). The minimum absolute atomic E-state index is 0.101. The van der Waals surface area contributed by atoms with E-state index in [2.05, 4.69) is 10.6 Å². The Morgan fingerprint density at radius 3 is 2.56 bits per heavy atom. The highest BCUT2D eigenvalue weighted by molar-refractivity contribution is 5.94. The summed E-state index contributed by atoms with van der Waals surface area (Å²) in [7, 11) is 0. The molecule has 1 rings (SSSR count). The molecule has 86 valence electrons. The molecular weight excluding hydrogens is 208 g/mol. The molecule has 1 unspecified atom stereocenters. The predicted octanol–water partition coefficient (Wildman–Crippen LogP) is 0.365. The quantitative estimate of drug-likeness (QED) is 0.630. The first kappa shape index (κ1) is 12.2. The fraction of sp³-hybridized carbons (Fsp3) is 0.273. The summed E-state index contributed by atoms with van der Waals surface area (Å²) >= 11 is 0. The topological polar surface area (TPSA) is 78.4 Å². The molecule has 0 spiro atoms. The van der Waals surface area contributed by atoms with Gasteiger partial charge in [0, 0.05) is 17.3 Å². The van der Waals surface area contributed by atoms with Gasteiger partial charge in [0.25, 0.3) is 5.91 Å². The highest BCUT2D eigenvalue weighted by Crippen LogP contribution is 2.08. The van der Waals surface area contributed by atoms with Crippen molar-refractivity contribution in [2.45, 2.75) is 13.0 Å². The van der Waals surface area contributed by atoms with Gasteiger partial charge in [-0.3, -0.25) is 9.59 Å². The molecule has 0 saturated heterocycles. The second-order valence-electron chi connectivity index (χ2n) is 3.40. The molecule has 1 aromatic rings. The van der Waals surface area contributed by atoms with Crippen LogP contribution in [-0.2, 0) is 4.79 Å². The molecule has 0 heterocycles. The summed E-state index contributed by atoms with van der Waals surface area (Å²) in [6, 6.07) is 6.19. The molecule has 0 aliphatic rings. The number of aliphatic hydroxyl groups is 1. The summed E-state index contributed by atoms with van der Waals surface area (Å²) < 4.78 is 0. The van der Waals surface area contributed by atoms with Gasteiger partial charge in [0.15, 0.2) is 0 Å². The van der Waals surface area contributed by atoms with Crippen LogP contribution in [0.5, 0.6) is 0 Å². The van der Waals surface area contributed by atoms with Crippen LogP contribution in [0, 0.1) is 0 Å². The van der Waals surface area contributed by atoms with Crippen LogP contribution in [0.15, 0.2) is 24.3 Å². The maximum atomic E-state index is 11.6. The molecule has 0 aliphatic heterocycles.